The van der Waals surface area contributed by atoms with E-state index in [0.29, 0.717) is 36.5 Å². The standard InChI is InChI=1S/C36H46O8S/c1-35-13-11-25-23(27(35)7-9-31(35)39)5-3-19-15-21(37)17-29(33(19)25)43-45(41,42)44-30-18-22(38)16-20-4-6-24-26(34(20)30)12-14-36(2)28(24)8-10-32(36)40/h15-18,23-28,31-32,37-40H,3-14H2,1-2H3/t23-,24-,25+,26+,27+,28+,31-,32-,35+,36+/m1/s1. The molecule has 0 spiro atoms. The fourth-order valence-corrected chi connectivity index (χ4v) is 12.4. The fourth-order valence-electron chi connectivity index (χ4n) is 11.7. The van der Waals surface area contributed by atoms with Crippen LogP contribution in [0.25, 0.3) is 0 Å². The molecule has 45 heavy (non-hydrogen) atoms. The molecule has 4 saturated carbocycles. The molecule has 6 aliphatic carbocycles. The molecule has 0 saturated heterocycles. The third-order valence-electron chi connectivity index (χ3n) is 13.8. The Morgan fingerprint density at radius 2 is 1.07 bits per heavy atom. The number of aliphatic hydroxyl groups excluding tert-OH is 2. The molecule has 4 fully saturated rings. The van der Waals surface area contributed by atoms with Crippen LogP contribution in [0.5, 0.6) is 23.0 Å². The second-order valence-electron chi connectivity index (χ2n) is 15.7. The van der Waals surface area contributed by atoms with Crippen molar-refractivity contribution in [1.29, 1.82) is 0 Å². The summed E-state index contributed by atoms with van der Waals surface area (Å²) in [7, 11) is -4.64. The van der Waals surface area contributed by atoms with Gasteiger partial charge in [0.1, 0.15) is 11.5 Å². The van der Waals surface area contributed by atoms with E-state index in [1.165, 1.54) is 12.1 Å². The first-order valence-corrected chi connectivity index (χ1v) is 18.4. The Labute approximate surface area is 266 Å². The number of aliphatic hydroxyl groups is 2. The zero-order valence-electron chi connectivity index (χ0n) is 26.2. The first kappa shape index (κ1) is 29.9. The van der Waals surface area contributed by atoms with Crippen molar-refractivity contribution in [2.24, 2.45) is 34.5 Å². The van der Waals surface area contributed by atoms with Gasteiger partial charge in [0.2, 0.25) is 0 Å². The van der Waals surface area contributed by atoms with Crippen molar-refractivity contribution in [3.8, 4) is 23.0 Å². The number of rotatable bonds is 4. The van der Waals surface area contributed by atoms with Gasteiger partial charge in [-0.2, -0.15) is 0 Å². The van der Waals surface area contributed by atoms with Crippen molar-refractivity contribution in [3.63, 3.8) is 0 Å². The summed E-state index contributed by atoms with van der Waals surface area (Å²) in [5, 5.41) is 42.9. The van der Waals surface area contributed by atoms with Crippen LogP contribution in [-0.4, -0.2) is 41.1 Å². The summed E-state index contributed by atoms with van der Waals surface area (Å²) in [6.07, 6.45) is 9.57. The van der Waals surface area contributed by atoms with Gasteiger partial charge in [0, 0.05) is 23.3 Å². The Hall–Kier alpha value is -2.49. The first-order valence-electron chi connectivity index (χ1n) is 17.1. The summed E-state index contributed by atoms with van der Waals surface area (Å²) in [4.78, 5) is 0. The van der Waals surface area contributed by atoms with Gasteiger partial charge in [-0.1, -0.05) is 13.8 Å². The van der Waals surface area contributed by atoms with Crippen molar-refractivity contribution >= 4 is 10.4 Å². The van der Waals surface area contributed by atoms with Crippen LogP contribution in [-0.2, 0) is 23.2 Å². The van der Waals surface area contributed by atoms with E-state index in [9.17, 15) is 28.8 Å². The summed E-state index contributed by atoms with van der Waals surface area (Å²) in [6, 6.07) is 6.24. The predicted octanol–water partition coefficient (Wildman–Crippen LogP) is 6.23. The van der Waals surface area contributed by atoms with Gasteiger partial charge in [-0.25, -0.2) is 0 Å². The van der Waals surface area contributed by atoms with Gasteiger partial charge in [0.25, 0.3) is 0 Å². The van der Waals surface area contributed by atoms with Gasteiger partial charge in [-0.15, -0.1) is 8.42 Å². The molecule has 0 unspecified atom stereocenters. The van der Waals surface area contributed by atoms with Crippen molar-refractivity contribution in [2.75, 3.05) is 0 Å². The molecule has 6 aliphatic rings. The molecule has 0 aliphatic heterocycles. The average molecular weight is 639 g/mol. The first-order chi connectivity index (χ1) is 21.4. The van der Waals surface area contributed by atoms with E-state index in [1.807, 2.05) is 0 Å². The number of fused-ring (bicyclic) bond motifs is 10. The monoisotopic (exact) mass is 638 g/mol. The van der Waals surface area contributed by atoms with Gasteiger partial charge in [-0.05, 0) is 147 Å². The van der Waals surface area contributed by atoms with Gasteiger partial charge >= 0.3 is 10.4 Å². The topological polar surface area (TPSA) is 134 Å². The van der Waals surface area contributed by atoms with Crippen LogP contribution >= 0.6 is 0 Å². The number of benzene rings is 2. The van der Waals surface area contributed by atoms with E-state index in [0.717, 1.165) is 86.5 Å². The zero-order chi connectivity index (χ0) is 31.5. The minimum Gasteiger partial charge on any atom is -0.508 e. The Morgan fingerprint density at radius 1 is 0.644 bits per heavy atom. The lowest BCUT2D eigenvalue weighted by atomic mass is 9.55. The van der Waals surface area contributed by atoms with Crippen molar-refractivity contribution in [3.05, 3.63) is 46.5 Å². The highest BCUT2D eigenvalue weighted by atomic mass is 32.3. The van der Waals surface area contributed by atoms with E-state index in [4.69, 9.17) is 8.37 Å². The van der Waals surface area contributed by atoms with Crippen molar-refractivity contribution in [1.82, 2.24) is 0 Å². The van der Waals surface area contributed by atoms with Gasteiger partial charge in [0.15, 0.2) is 11.5 Å². The molecule has 2 aromatic rings. The molecule has 0 aromatic heterocycles. The highest BCUT2D eigenvalue weighted by Crippen LogP contribution is 2.63. The molecule has 0 bridgehead atoms. The SMILES string of the molecule is C[C@]12CC[C@@H]3c4c(cc(O)cc4OS(=O)(=O)Oc4cc(O)cc5c4[C@H]4CC[C@]6(C)[C@H](O)CC[C@H]6[C@@H]4CC5)CC[C@H]3[C@@H]1CC[C@H]2O. The van der Waals surface area contributed by atoms with Crippen LogP contribution in [0.15, 0.2) is 24.3 Å². The predicted molar refractivity (Wildman–Crippen MR) is 168 cm³/mol. The molecular weight excluding hydrogens is 592 g/mol. The molecule has 8 rings (SSSR count). The Kier molecular flexibility index (Phi) is 6.81. The summed E-state index contributed by atoms with van der Waals surface area (Å²) in [6.45, 7) is 4.41. The van der Waals surface area contributed by atoms with Gasteiger partial charge < -0.3 is 28.8 Å². The average Bonchev–Trinajstić information content (AvgIpc) is 3.46. The van der Waals surface area contributed by atoms with Crippen LogP contribution in [0.1, 0.15) is 112 Å². The number of aromatic hydroxyl groups is 2. The molecule has 2 aromatic carbocycles. The highest BCUT2D eigenvalue weighted by molar-refractivity contribution is 7.82. The molecule has 4 N–H and O–H groups in total. The fraction of sp³-hybridized carbons (Fsp3) is 0.667. The minimum atomic E-state index is -4.64. The van der Waals surface area contributed by atoms with Gasteiger partial charge in [0.05, 0.1) is 12.2 Å². The number of aryl methyl sites for hydroxylation is 2. The third-order valence-corrected chi connectivity index (χ3v) is 14.6. The number of phenols is 2. The van der Waals surface area contributed by atoms with E-state index >= 15 is 0 Å². The molecular formula is C36H46O8S. The maximum Gasteiger partial charge on any atom is 0.501 e. The number of hydrogen-bond acceptors (Lipinski definition) is 8. The largest absolute Gasteiger partial charge is 0.508 e. The van der Waals surface area contributed by atoms with E-state index < -0.39 is 10.4 Å². The molecule has 0 amide bonds. The van der Waals surface area contributed by atoms with Gasteiger partial charge in [-0.3, -0.25) is 0 Å². The number of hydrogen-bond donors (Lipinski definition) is 4. The summed E-state index contributed by atoms with van der Waals surface area (Å²) >= 11 is 0. The Balaban J connectivity index is 1.11. The van der Waals surface area contributed by atoms with Crippen LogP contribution in [0.3, 0.4) is 0 Å². The Bertz CT molecular complexity index is 1520. The third kappa shape index (κ3) is 4.54. The highest BCUT2D eigenvalue weighted by Gasteiger charge is 2.56. The molecule has 0 radical (unpaired) electrons. The maximum absolute atomic E-state index is 13.8. The second kappa shape index (κ2) is 10.3. The lowest BCUT2D eigenvalue weighted by Gasteiger charge is -2.50. The smallest absolute Gasteiger partial charge is 0.501 e. The molecule has 8 nitrogen and oxygen atoms in total. The Morgan fingerprint density at radius 3 is 1.49 bits per heavy atom. The van der Waals surface area contributed by atoms with Crippen molar-refractivity contribution < 1.29 is 37.2 Å². The van der Waals surface area contributed by atoms with E-state index in [2.05, 4.69) is 13.8 Å². The lowest BCUT2D eigenvalue weighted by molar-refractivity contribution is -0.0228. The van der Waals surface area contributed by atoms with Crippen molar-refractivity contribution in [2.45, 2.75) is 115 Å². The summed E-state index contributed by atoms with van der Waals surface area (Å²) in [5.74, 6) is 1.63. The summed E-state index contributed by atoms with van der Waals surface area (Å²) < 4.78 is 39.1. The lowest BCUT2D eigenvalue weighted by Crippen LogP contribution is -2.44. The van der Waals surface area contributed by atoms with Crippen LogP contribution in [0, 0.1) is 34.5 Å². The minimum absolute atomic E-state index is 0.0454. The number of phenolic OH excluding ortho intramolecular Hbond substituents is 2. The maximum atomic E-state index is 13.8. The van der Waals surface area contributed by atoms with E-state index in [1.54, 1.807) is 12.1 Å². The van der Waals surface area contributed by atoms with E-state index in [-0.39, 0.29) is 57.9 Å². The van der Waals surface area contributed by atoms with Crippen LogP contribution in [0.4, 0.5) is 0 Å². The quantitative estimate of drug-likeness (QED) is 0.310. The molecule has 10 atom stereocenters. The zero-order valence-corrected chi connectivity index (χ0v) is 27.1. The molecule has 9 heteroatoms. The molecule has 244 valence electrons. The van der Waals surface area contributed by atoms with Crippen LogP contribution in [0.2, 0.25) is 0 Å². The normalized spacial score (nSPS) is 39.9. The van der Waals surface area contributed by atoms with Crippen LogP contribution < -0.4 is 8.37 Å². The molecule has 0 heterocycles. The summed E-state index contributed by atoms with van der Waals surface area (Å²) in [5.41, 5.74) is 3.25. The second-order valence-corrected chi connectivity index (χ2v) is 16.9.